The van der Waals surface area contributed by atoms with Gasteiger partial charge in [-0.1, -0.05) is 11.6 Å². The largest absolute Gasteiger partial charge is 0.461 e. The van der Waals surface area contributed by atoms with E-state index in [1.165, 1.54) is 0 Å². The third-order valence-electron chi connectivity index (χ3n) is 1.63. The van der Waals surface area contributed by atoms with Crippen molar-refractivity contribution >= 4 is 38.6 Å². The third-order valence-corrected chi connectivity index (χ3v) is 2.58. The Balaban J connectivity index is 2.87. The Labute approximate surface area is 82.7 Å². The summed E-state index contributed by atoms with van der Waals surface area (Å²) in [5.74, 6) is 0. The normalized spacial score (nSPS) is 10.9. The zero-order valence-electron chi connectivity index (χ0n) is 6.27. The van der Waals surface area contributed by atoms with Crippen molar-refractivity contribution in [3.8, 4) is 0 Å². The molecule has 0 aliphatic carbocycles. The van der Waals surface area contributed by atoms with Gasteiger partial charge in [0.2, 0.25) is 0 Å². The lowest BCUT2D eigenvalue weighted by molar-refractivity contribution is 0.613. The molecule has 2 heterocycles. The van der Waals surface area contributed by atoms with Gasteiger partial charge >= 0.3 is 0 Å². The highest BCUT2D eigenvalue weighted by atomic mass is 79.9. The van der Waals surface area contributed by atoms with Crippen LogP contribution in [0.2, 0.25) is 5.02 Å². The monoisotopic (exact) mass is 245 g/mol. The first kappa shape index (κ1) is 8.08. The summed E-state index contributed by atoms with van der Waals surface area (Å²) < 4.78 is 6.05. The van der Waals surface area contributed by atoms with Crippen molar-refractivity contribution in [2.45, 2.75) is 6.92 Å². The molecule has 0 saturated carbocycles. The van der Waals surface area contributed by atoms with Gasteiger partial charge in [-0.2, -0.15) is 0 Å². The lowest BCUT2D eigenvalue weighted by atomic mass is 10.3. The van der Waals surface area contributed by atoms with Crippen molar-refractivity contribution in [3.05, 3.63) is 27.5 Å². The number of halogens is 2. The lowest BCUT2D eigenvalue weighted by Crippen LogP contribution is -1.81. The predicted molar refractivity (Wildman–Crippen MR) is 51.5 cm³/mol. The van der Waals surface area contributed by atoms with E-state index in [2.05, 4.69) is 20.9 Å². The summed E-state index contributed by atoms with van der Waals surface area (Å²) in [4.78, 5) is 4.26. The van der Waals surface area contributed by atoms with Crippen LogP contribution in [0.4, 0.5) is 0 Å². The van der Waals surface area contributed by atoms with Gasteiger partial charge < -0.3 is 4.42 Å². The number of aromatic nitrogens is 1. The summed E-state index contributed by atoms with van der Waals surface area (Å²) in [6, 6.07) is 1.77. The van der Waals surface area contributed by atoms with Crippen LogP contribution in [0, 0.1) is 6.92 Å². The minimum Gasteiger partial charge on any atom is -0.461 e. The van der Waals surface area contributed by atoms with E-state index < -0.39 is 0 Å². The Hall–Kier alpha value is -0.540. The van der Waals surface area contributed by atoms with E-state index in [-0.39, 0.29) is 0 Å². The topological polar surface area (TPSA) is 26.0 Å². The van der Waals surface area contributed by atoms with Gasteiger partial charge in [-0.15, -0.1) is 0 Å². The molecule has 0 atom stereocenters. The highest BCUT2D eigenvalue weighted by Crippen LogP contribution is 2.27. The number of hydrogen-bond acceptors (Lipinski definition) is 2. The molecule has 0 radical (unpaired) electrons. The minimum atomic E-state index is 0.629. The Morgan fingerprint density at radius 2 is 2.33 bits per heavy atom. The van der Waals surface area contributed by atoms with E-state index in [9.17, 15) is 0 Å². The lowest BCUT2D eigenvalue weighted by Gasteiger charge is -1.95. The number of rotatable bonds is 0. The summed E-state index contributed by atoms with van der Waals surface area (Å²) in [5, 5.41) is 0.629. The fourth-order valence-electron chi connectivity index (χ4n) is 0.996. The molecule has 2 nitrogen and oxygen atoms in total. The molecule has 0 aromatic carbocycles. The molecule has 0 unspecified atom stereocenters. The SMILES string of the molecule is Cc1nc2c(Br)coc2cc1Cl. The molecular weight excluding hydrogens is 241 g/mol. The van der Waals surface area contributed by atoms with E-state index in [0.717, 1.165) is 15.7 Å². The highest BCUT2D eigenvalue weighted by Gasteiger charge is 2.07. The Morgan fingerprint density at radius 1 is 1.58 bits per heavy atom. The fraction of sp³-hybridized carbons (Fsp3) is 0.125. The molecule has 0 N–H and O–H groups in total. The van der Waals surface area contributed by atoms with Gasteiger partial charge in [-0.3, -0.25) is 0 Å². The van der Waals surface area contributed by atoms with Gasteiger partial charge in [-0.25, -0.2) is 4.98 Å². The maximum absolute atomic E-state index is 5.86. The molecular formula is C8H5BrClNO. The summed E-state index contributed by atoms with van der Waals surface area (Å²) >= 11 is 9.19. The van der Waals surface area contributed by atoms with Crippen LogP contribution in [0.1, 0.15) is 5.69 Å². The van der Waals surface area contributed by atoms with Gasteiger partial charge in [0.15, 0.2) is 5.58 Å². The fourth-order valence-corrected chi connectivity index (χ4v) is 1.51. The van der Waals surface area contributed by atoms with E-state index in [1.807, 2.05) is 6.92 Å². The van der Waals surface area contributed by atoms with Crippen molar-refractivity contribution in [3.63, 3.8) is 0 Å². The van der Waals surface area contributed by atoms with Gasteiger partial charge in [0.1, 0.15) is 11.8 Å². The quantitative estimate of drug-likeness (QED) is 0.710. The molecule has 0 aliphatic rings. The molecule has 0 saturated heterocycles. The molecule has 0 aliphatic heterocycles. The number of pyridine rings is 1. The average Bonchev–Trinajstić information content (AvgIpc) is 2.35. The molecule has 2 aromatic heterocycles. The van der Waals surface area contributed by atoms with Crippen LogP contribution in [0.25, 0.3) is 11.1 Å². The summed E-state index contributed by atoms with van der Waals surface area (Å²) in [5.41, 5.74) is 2.33. The van der Waals surface area contributed by atoms with Crippen molar-refractivity contribution in [2.24, 2.45) is 0 Å². The number of nitrogens with zero attached hydrogens (tertiary/aromatic N) is 1. The van der Waals surface area contributed by atoms with Gasteiger partial charge in [0.25, 0.3) is 0 Å². The van der Waals surface area contributed by atoms with Crippen LogP contribution in [-0.4, -0.2) is 4.98 Å². The highest BCUT2D eigenvalue weighted by molar-refractivity contribution is 9.10. The smallest absolute Gasteiger partial charge is 0.155 e. The first-order valence-corrected chi connectivity index (χ1v) is 4.55. The molecule has 2 aromatic rings. The number of furan rings is 1. The van der Waals surface area contributed by atoms with Gasteiger partial charge in [0.05, 0.1) is 15.2 Å². The first-order chi connectivity index (χ1) is 5.68. The van der Waals surface area contributed by atoms with Gasteiger partial charge in [-0.05, 0) is 22.9 Å². The standard InChI is InChI=1S/C8H5BrClNO/c1-4-6(10)2-7-8(11-4)5(9)3-12-7/h2-3H,1H3. The van der Waals surface area contributed by atoms with Crippen LogP contribution in [0.15, 0.2) is 21.2 Å². The van der Waals surface area contributed by atoms with E-state index in [0.29, 0.717) is 10.6 Å². The Bertz CT molecular complexity index is 438. The average molecular weight is 246 g/mol. The molecule has 0 spiro atoms. The van der Waals surface area contributed by atoms with E-state index >= 15 is 0 Å². The predicted octanol–water partition coefficient (Wildman–Crippen LogP) is 3.55. The Kier molecular flexibility index (Phi) is 1.85. The second kappa shape index (κ2) is 2.75. The number of fused-ring (bicyclic) bond motifs is 1. The minimum absolute atomic E-state index is 0.629. The van der Waals surface area contributed by atoms with Crippen LogP contribution >= 0.6 is 27.5 Å². The molecule has 12 heavy (non-hydrogen) atoms. The maximum Gasteiger partial charge on any atom is 0.155 e. The second-order valence-corrected chi connectivity index (χ2v) is 3.75. The zero-order valence-corrected chi connectivity index (χ0v) is 8.61. The number of hydrogen-bond donors (Lipinski definition) is 0. The van der Waals surface area contributed by atoms with Crippen LogP contribution in [-0.2, 0) is 0 Å². The summed E-state index contributed by atoms with van der Waals surface area (Å²) in [7, 11) is 0. The molecule has 0 fully saturated rings. The molecule has 4 heteroatoms. The molecule has 0 bridgehead atoms. The maximum atomic E-state index is 5.86. The number of aryl methyl sites for hydroxylation is 1. The zero-order chi connectivity index (χ0) is 8.72. The summed E-state index contributed by atoms with van der Waals surface area (Å²) in [6.07, 6.45) is 1.60. The van der Waals surface area contributed by atoms with Crippen molar-refractivity contribution in [2.75, 3.05) is 0 Å². The molecule has 62 valence electrons. The molecule has 0 amide bonds. The van der Waals surface area contributed by atoms with E-state index in [1.54, 1.807) is 12.3 Å². The van der Waals surface area contributed by atoms with Crippen molar-refractivity contribution in [1.82, 2.24) is 4.98 Å². The second-order valence-electron chi connectivity index (χ2n) is 2.49. The first-order valence-electron chi connectivity index (χ1n) is 3.38. The van der Waals surface area contributed by atoms with Crippen LogP contribution in [0.5, 0.6) is 0 Å². The van der Waals surface area contributed by atoms with Crippen LogP contribution in [0.3, 0.4) is 0 Å². The Morgan fingerprint density at radius 3 is 3.08 bits per heavy atom. The van der Waals surface area contributed by atoms with Crippen molar-refractivity contribution in [1.29, 1.82) is 0 Å². The summed E-state index contributed by atoms with van der Waals surface area (Å²) in [6.45, 7) is 1.86. The van der Waals surface area contributed by atoms with Crippen LogP contribution < -0.4 is 0 Å². The van der Waals surface area contributed by atoms with Crippen molar-refractivity contribution < 1.29 is 4.42 Å². The molecule has 2 rings (SSSR count). The van der Waals surface area contributed by atoms with Gasteiger partial charge in [0, 0.05) is 6.07 Å². The van der Waals surface area contributed by atoms with E-state index in [4.69, 9.17) is 16.0 Å². The third kappa shape index (κ3) is 1.13.